The molecule has 2 heterocycles. The van der Waals surface area contributed by atoms with Crippen LogP contribution in [0.1, 0.15) is 6.42 Å². The highest BCUT2D eigenvalue weighted by Gasteiger charge is 2.38. The number of likely N-dealkylation sites (N-methyl/N-ethyl adjacent to an activating group) is 1. The summed E-state index contributed by atoms with van der Waals surface area (Å²) >= 11 is 0. The molecule has 2 aliphatic heterocycles. The van der Waals surface area contributed by atoms with E-state index >= 15 is 0 Å². The lowest BCUT2D eigenvalue weighted by atomic mass is 10.0. The monoisotopic (exact) mass is 272 g/mol. The van der Waals surface area contributed by atoms with Gasteiger partial charge in [-0.2, -0.15) is 0 Å². The van der Waals surface area contributed by atoms with Crippen LogP contribution in [0, 0.1) is 5.92 Å². The van der Waals surface area contributed by atoms with E-state index in [1.165, 1.54) is 4.90 Å². The summed E-state index contributed by atoms with van der Waals surface area (Å²) in [5, 5.41) is 12.2. The Balaban J connectivity index is 1.88. The zero-order valence-electron chi connectivity index (χ0n) is 11.0. The van der Waals surface area contributed by atoms with E-state index in [0.29, 0.717) is 13.2 Å². The maximum absolute atomic E-state index is 12.1. The van der Waals surface area contributed by atoms with Crippen molar-refractivity contribution >= 4 is 11.9 Å². The first-order chi connectivity index (χ1) is 9.09. The molecule has 19 heavy (non-hydrogen) atoms. The van der Waals surface area contributed by atoms with Crippen molar-refractivity contribution in [2.45, 2.75) is 18.6 Å². The molecule has 0 spiro atoms. The van der Waals surface area contributed by atoms with E-state index in [2.05, 4.69) is 5.32 Å². The molecular formula is C12H20N2O5. The van der Waals surface area contributed by atoms with Crippen LogP contribution in [0.4, 0.5) is 0 Å². The van der Waals surface area contributed by atoms with Gasteiger partial charge >= 0.3 is 5.97 Å². The zero-order chi connectivity index (χ0) is 13.8. The minimum Gasteiger partial charge on any atom is -0.481 e. The van der Waals surface area contributed by atoms with E-state index in [1.807, 2.05) is 0 Å². The second-order valence-electron chi connectivity index (χ2n) is 4.96. The first kappa shape index (κ1) is 14.2. The fourth-order valence-corrected chi connectivity index (χ4v) is 2.44. The van der Waals surface area contributed by atoms with Gasteiger partial charge < -0.3 is 24.8 Å². The van der Waals surface area contributed by atoms with Crippen molar-refractivity contribution in [3.8, 4) is 0 Å². The Morgan fingerprint density at radius 1 is 1.42 bits per heavy atom. The van der Waals surface area contributed by atoms with Gasteiger partial charge in [-0.25, -0.2) is 0 Å². The largest absolute Gasteiger partial charge is 0.481 e. The summed E-state index contributed by atoms with van der Waals surface area (Å²) in [5.74, 6) is -1.66. The molecule has 7 nitrogen and oxygen atoms in total. The topological polar surface area (TPSA) is 88.1 Å². The quantitative estimate of drug-likeness (QED) is 0.677. The summed E-state index contributed by atoms with van der Waals surface area (Å²) in [6, 6.07) is -0.387. The molecule has 2 N–H and O–H groups in total. The van der Waals surface area contributed by atoms with Crippen LogP contribution in [0.5, 0.6) is 0 Å². The summed E-state index contributed by atoms with van der Waals surface area (Å²) in [4.78, 5) is 24.7. The Morgan fingerprint density at radius 2 is 2.21 bits per heavy atom. The third kappa shape index (κ3) is 3.43. The first-order valence-corrected chi connectivity index (χ1v) is 6.48. The lowest BCUT2D eigenvalue weighted by molar-refractivity contribution is -0.145. The maximum atomic E-state index is 12.1. The number of aliphatic carboxylic acids is 1. The van der Waals surface area contributed by atoms with Gasteiger partial charge in [0.25, 0.3) is 0 Å². The minimum atomic E-state index is -0.919. The van der Waals surface area contributed by atoms with Crippen molar-refractivity contribution in [3.63, 3.8) is 0 Å². The van der Waals surface area contributed by atoms with Crippen molar-refractivity contribution < 1.29 is 24.2 Å². The van der Waals surface area contributed by atoms with Crippen LogP contribution < -0.4 is 5.32 Å². The minimum absolute atomic E-state index is 0.101. The summed E-state index contributed by atoms with van der Waals surface area (Å²) in [5.41, 5.74) is 0. The van der Waals surface area contributed by atoms with Crippen molar-refractivity contribution in [3.05, 3.63) is 0 Å². The summed E-state index contributed by atoms with van der Waals surface area (Å²) in [7, 11) is 1.63. The third-order valence-corrected chi connectivity index (χ3v) is 3.67. The molecule has 2 saturated heterocycles. The van der Waals surface area contributed by atoms with Crippen LogP contribution in [0.2, 0.25) is 0 Å². The summed E-state index contributed by atoms with van der Waals surface area (Å²) in [6.07, 6.45) is 0.140. The Kier molecular flexibility index (Phi) is 4.73. The van der Waals surface area contributed by atoms with E-state index in [-0.39, 0.29) is 37.7 Å². The van der Waals surface area contributed by atoms with Gasteiger partial charge in [0.15, 0.2) is 0 Å². The number of hydrogen-bond acceptors (Lipinski definition) is 5. The molecule has 0 aromatic heterocycles. The van der Waals surface area contributed by atoms with E-state index in [4.69, 9.17) is 14.6 Å². The fourth-order valence-electron chi connectivity index (χ4n) is 2.44. The average molecular weight is 272 g/mol. The van der Waals surface area contributed by atoms with Crippen LogP contribution in [0.3, 0.4) is 0 Å². The van der Waals surface area contributed by atoms with E-state index in [0.717, 1.165) is 6.54 Å². The number of carboxylic acids is 1. The number of ether oxygens (including phenoxy) is 2. The predicted octanol–water partition coefficient (Wildman–Crippen LogP) is -1.08. The first-order valence-electron chi connectivity index (χ1n) is 6.48. The molecule has 0 aromatic rings. The maximum Gasteiger partial charge on any atom is 0.311 e. The van der Waals surface area contributed by atoms with Gasteiger partial charge in [-0.3, -0.25) is 9.59 Å². The van der Waals surface area contributed by atoms with Crippen molar-refractivity contribution in [2.75, 3.05) is 40.0 Å². The number of carboxylic acid groups (broad SMARTS) is 1. The van der Waals surface area contributed by atoms with Crippen LogP contribution >= 0.6 is 0 Å². The zero-order valence-corrected chi connectivity index (χ0v) is 11.0. The number of morpholine rings is 1. The molecular weight excluding hydrogens is 252 g/mol. The molecule has 3 unspecified atom stereocenters. The van der Waals surface area contributed by atoms with Crippen LogP contribution in [0.15, 0.2) is 0 Å². The van der Waals surface area contributed by atoms with Crippen molar-refractivity contribution in [2.24, 2.45) is 5.92 Å². The third-order valence-electron chi connectivity index (χ3n) is 3.67. The predicted molar refractivity (Wildman–Crippen MR) is 65.7 cm³/mol. The molecule has 0 saturated carbocycles. The molecule has 0 radical (unpaired) electrons. The number of carbonyl (C=O) groups excluding carboxylic acids is 1. The van der Waals surface area contributed by atoms with Gasteiger partial charge in [-0.15, -0.1) is 0 Å². The highest BCUT2D eigenvalue weighted by molar-refractivity contribution is 5.78. The number of amides is 1. The van der Waals surface area contributed by atoms with Crippen LogP contribution in [-0.2, 0) is 19.1 Å². The number of nitrogens with zero attached hydrogens (tertiary/aromatic N) is 1. The van der Waals surface area contributed by atoms with E-state index in [9.17, 15) is 9.59 Å². The fraction of sp³-hybridized carbons (Fsp3) is 0.833. The average Bonchev–Trinajstić information content (AvgIpc) is 2.88. The SMILES string of the molecule is CN(C(=O)CC1CNCCO1)C1COCC1C(=O)O. The molecule has 2 fully saturated rings. The standard InChI is InChI=1S/C12H20N2O5/c1-14(10-7-18-6-9(10)12(16)17)11(15)4-8-5-13-2-3-19-8/h8-10,13H,2-7H2,1H3,(H,16,17). The van der Waals surface area contributed by atoms with Gasteiger partial charge in [0, 0.05) is 20.1 Å². The molecule has 3 atom stereocenters. The Bertz CT molecular complexity index is 343. The van der Waals surface area contributed by atoms with E-state index in [1.54, 1.807) is 7.05 Å². The Hall–Kier alpha value is -1.18. The molecule has 0 bridgehead atoms. The Labute approximate surface area is 111 Å². The Morgan fingerprint density at radius 3 is 2.84 bits per heavy atom. The van der Waals surface area contributed by atoms with Gasteiger partial charge in [0.2, 0.25) is 5.91 Å². The number of nitrogens with one attached hydrogen (secondary N) is 1. The summed E-state index contributed by atoms with van der Waals surface area (Å²) < 4.78 is 10.7. The van der Waals surface area contributed by atoms with Crippen molar-refractivity contribution in [1.29, 1.82) is 0 Å². The molecule has 2 rings (SSSR count). The molecule has 108 valence electrons. The van der Waals surface area contributed by atoms with Gasteiger partial charge in [-0.05, 0) is 0 Å². The van der Waals surface area contributed by atoms with Gasteiger partial charge in [-0.1, -0.05) is 0 Å². The smallest absolute Gasteiger partial charge is 0.311 e. The highest BCUT2D eigenvalue weighted by atomic mass is 16.5. The molecule has 1 amide bonds. The second-order valence-corrected chi connectivity index (χ2v) is 4.96. The van der Waals surface area contributed by atoms with Gasteiger partial charge in [0.1, 0.15) is 5.92 Å². The molecule has 0 aromatic carbocycles. The van der Waals surface area contributed by atoms with E-state index < -0.39 is 11.9 Å². The highest BCUT2D eigenvalue weighted by Crippen LogP contribution is 2.20. The summed E-state index contributed by atoms with van der Waals surface area (Å²) in [6.45, 7) is 2.51. The van der Waals surface area contributed by atoms with Gasteiger partial charge in [0.05, 0.1) is 38.4 Å². The lowest BCUT2D eigenvalue weighted by Gasteiger charge is -2.29. The normalized spacial score (nSPS) is 31.1. The second kappa shape index (κ2) is 6.31. The molecule has 7 heteroatoms. The molecule has 2 aliphatic rings. The van der Waals surface area contributed by atoms with Crippen LogP contribution in [0.25, 0.3) is 0 Å². The number of carbonyl (C=O) groups is 2. The van der Waals surface area contributed by atoms with Crippen molar-refractivity contribution in [1.82, 2.24) is 10.2 Å². The lowest BCUT2D eigenvalue weighted by Crippen LogP contribution is -2.47. The molecule has 0 aliphatic carbocycles. The van der Waals surface area contributed by atoms with Crippen LogP contribution in [-0.4, -0.2) is 74.0 Å². The number of rotatable bonds is 4. The number of hydrogen-bond donors (Lipinski definition) is 2.